The van der Waals surface area contributed by atoms with Gasteiger partial charge in [-0.2, -0.15) is 0 Å². The molecule has 0 spiro atoms. The molecule has 17 heavy (non-hydrogen) atoms. The zero-order chi connectivity index (χ0) is 12.4. The van der Waals surface area contributed by atoms with Gasteiger partial charge in [0.2, 0.25) is 0 Å². The minimum Gasteiger partial charge on any atom is -0.748 e. The maximum Gasteiger partial charge on any atom is 1.00 e. The van der Waals surface area contributed by atoms with Crippen molar-refractivity contribution in [2.45, 2.75) is 63.5 Å². The molecule has 0 amide bonds. The summed E-state index contributed by atoms with van der Waals surface area (Å²) >= 11 is 0. The van der Waals surface area contributed by atoms with Crippen LogP contribution in [0, 0.1) is 0 Å². The second-order valence-corrected chi connectivity index (χ2v) is 5.84. The molecule has 0 heterocycles. The molecule has 0 aliphatic heterocycles. The molecule has 0 aliphatic carbocycles. The van der Waals surface area contributed by atoms with Crippen molar-refractivity contribution >= 4 is 10.1 Å². The van der Waals surface area contributed by atoms with Crippen LogP contribution in [0.3, 0.4) is 0 Å². The van der Waals surface area contributed by atoms with Gasteiger partial charge in [0.25, 0.3) is 0 Å². The van der Waals surface area contributed by atoms with E-state index in [0.717, 1.165) is 38.5 Å². The predicted molar refractivity (Wildman–Crippen MR) is 63.2 cm³/mol. The van der Waals surface area contributed by atoms with Gasteiger partial charge in [-0.3, -0.25) is 0 Å². The molecular formula is C11H23NaO4S. The van der Waals surface area contributed by atoms with Crippen molar-refractivity contribution in [3.05, 3.63) is 0 Å². The molecule has 0 bridgehead atoms. The average Bonchev–Trinajstić information content (AvgIpc) is 2.20. The summed E-state index contributed by atoms with van der Waals surface area (Å²) < 4.78 is 32.7. The van der Waals surface area contributed by atoms with Crippen LogP contribution in [0.2, 0.25) is 0 Å². The van der Waals surface area contributed by atoms with Crippen LogP contribution in [0.1, 0.15) is 58.3 Å². The first-order valence-electron chi connectivity index (χ1n) is 6.08. The average molecular weight is 274 g/mol. The number of rotatable bonds is 10. The normalized spacial score (nSPS) is 13.1. The van der Waals surface area contributed by atoms with E-state index in [9.17, 15) is 13.0 Å². The zero-order valence-electron chi connectivity index (χ0n) is 11.0. The number of aliphatic hydroxyl groups is 1. The van der Waals surface area contributed by atoms with Gasteiger partial charge in [-0.25, -0.2) is 8.42 Å². The Labute approximate surface area is 127 Å². The van der Waals surface area contributed by atoms with Crippen molar-refractivity contribution in [3.8, 4) is 0 Å². The van der Waals surface area contributed by atoms with Gasteiger partial charge in [-0.15, -0.1) is 0 Å². The first kappa shape index (κ1) is 20.2. The largest absolute Gasteiger partial charge is 1.00 e. The molecular weight excluding hydrogens is 251 g/mol. The maximum absolute atomic E-state index is 10.9. The smallest absolute Gasteiger partial charge is 0.748 e. The molecule has 0 radical (unpaired) electrons. The molecule has 1 atom stereocenters. The number of hydrogen-bond acceptors (Lipinski definition) is 4. The summed E-state index contributed by atoms with van der Waals surface area (Å²) in [5.41, 5.74) is 0. The van der Waals surface area contributed by atoms with E-state index in [0.29, 0.717) is 12.8 Å². The molecule has 0 rings (SSSR count). The summed E-state index contributed by atoms with van der Waals surface area (Å²) in [7, 11) is -4.11. The van der Waals surface area contributed by atoms with Gasteiger partial charge < -0.3 is 9.66 Å². The van der Waals surface area contributed by atoms with Crippen LogP contribution in [0.25, 0.3) is 0 Å². The van der Waals surface area contributed by atoms with Crippen molar-refractivity contribution in [2.24, 2.45) is 0 Å². The zero-order valence-corrected chi connectivity index (χ0v) is 13.8. The molecule has 0 saturated heterocycles. The second kappa shape index (κ2) is 11.9. The van der Waals surface area contributed by atoms with E-state index in [4.69, 9.17) is 5.11 Å². The standard InChI is InChI=1S/C11H24O4S.Na/c1-2-8-11(16(13,14)15)9-6-4-3-5-7-10-12;/h11-12H,2-10H2,1H3,(H,13,14,15);/q;+1/p-1. The Morgan fingerprint density at radius 3 is 2.06 bits per heavy atom. The molecule has 0 aromatic rings. The van der Waals surface area contributed by atoms with Crippen molar-refractivity contribution in [1.82, 2.24) is 0 Å². The van der Waals surface area contributed by atoms with Crippen LogP contribution in [0.4, 0.5) is 0 Å². The van der Waals surface area contributed by atoms with Crippen molar-refractivity contribution < 1.29 is 47.6 Å². The van der Waals surface area contributed by atoms with Crippen LogP contribution >= 0.6 is 0 Å². The molecule has 1 unspecified atom stereocenters. The quantitative estimate of drug-likeness (QED) is 0.316. The first-order chi connectivity index (χ1) is 7.52. The fourth-order valence-corrected chi connectivity index (χ4v) is 2.75. The Hall–Kier alpha value is 0.870. The van der Waals surface area contributed by atoms with Crippen LogP contribution in [0.15, 0.2) is 0 Å². The van der Waals surface area contributed by atoms with E-state index in [2.05, 4.69) is 0 Å². The molecule has 1 N–H and O–H groups in total. The summed E-state index contributed by atoms with van der Waals surface area (Å²) in [5.74, 6) is 0. The van der Waals surface area contributed by atoms with E-state index in [1.165, 1.54) is 0 Å². The topological polar surface area (TPSA) is 77.4 Å². The van der Waals surface area contributed by atoms with Crippen LogP contribution in [-0.2, 0) is 10.1 Å². The summed E-state index contributed by atoms with van der Waals surface area (Å²) in [6, 6.07) is 0. The molecule has 0 fully saturated rings. The third-order valence-electron chi connectivity index (χ3n) is 2.70. The summed E-state index contributed by atoms with van der Waals surface area (Å²) in [6.45, 7) is 2.10. The van der Waals surface area contributed by atoms with Gasteiger partial charge in [0, 0.05) is 11.9 Å². The third-order valence-corrected chi connectivity index (χ3v) is 3.99. The monoisotopic (exact) mass is 274 g/mol. The van der Waals surface area contributed by atoms with Gasteiger partial charge in [0.15, 0.2) is 0 Å². The van der Waals surface area contributed by atoms with Crippen molar-refractivity contribution in [3.63, 3.8) is 0 Å². The fourth-order valence-electron chi connectivity index (χ4n) is 1.77. The summed E-state index contributed by atoms with van der Waals surface area (Å²) in [5, 5.41) is 7.87. The van der Waals surface area contributed by atoms with Crippen LogP contribution in [-0.4, -0.2) is 29.9 Å². The maximum atomic E-state index is 10.9. The molecule has 4 nitrogen and oxygen atoms in total. The van der Waals surface area contributed by atoms with E-state index in [1.807, 2.05) is 6.92 Å². The SMILES string of the molecule is CCCC(CCCCCCCO)S(=O)(=O)[O-].[Na+]. The Morgan fingerprint density at radius 2 is 1.59 bits per heavy atom. The minimum atomic E-state index is -4.11. The molecule has 6 heteroatoms. The number of aliphatic hydroxyl groups excluding tert-OH is 1. The summed E-state index contributed by atoms with van der Waals surface area (Å²) in [4.78, 5) is 0. The Morgan fingerprint density at radius 1 is 1.06 bits per heavy atom. The van der Waals surface area contributed by atoms with Crippen molar-refractivity contribution in [1.29, 1.82) is 0 Å². The van der Waals surface area contributed by atoms with Gasteiger partial charge in [-0.1, -0.05) is 39.0 Å². The van der Waals surface area contributed by atoms with E-state index < -0.39 is 15.4 Å². The minimum absolute atomic E-state index is 0. The number of unbranched alkanes of at least 4 members (excludes halogenated alkanes) is 4. The number of hydrogen-bond donors (Lipinski definition) is 1. The van der Waals surface area contributed by atoms with E-state index >= 15 is 0 Å². The molecule has 0 saturated carbocycles. The second-order valence-electron chi connectivity index (χ2n) is 4.18. The fraction of sp³-hybridized carbons (Fsp3) is 1.00. The van der Waals surface area contributed by atoms with Crippen LogP contribution in [0.5, 0.6) is 0 Å². The Balaban J connectivity index is 0. The van der Waals surface area contributed by atoms with Crippen LogP contribution < -0.4 is 29.6 Å². The molecule has 0 aromatic heterocycles. The Kier molecular flexibility index (Phi) is 14.2. The van der Waals surface area contributed by atoms with Gasteiger partial charge in [0.1, 0.15) is 0 Å². The Bertz CT molecular complexity index is 254. The van der Waals surface area contributed by atoms with E-state index in [-0.39, 0.29) is 36.2 Å². The molecule has 0 aliphatic rings. The summed E-state index contributed by atoms with van der Waals surface area (Å²) in [6.07, 6.45) is 6.20. The van der Waals surface area contributed by atoms with Gasteiger partial charge >= 0.3 is 29.6 Å². The first-order valence-corrected chi connectivity index (χ1v) is 7.55. The molecule has 98 valence electrons. The predicted octanol–water partition coefficient (Wildman–Crippen LogP) is -0.963. The molecule has 0 aromatic carbocycles. The van der Waals surface area contributed by atoms with Crippen molar-refractivity contribution in [2.75, 3.05) is 6.61 Å². The van der Waals surface area contributed by atoms with E-state index in [1.54, 1.807) is 0 Å². The van der Waals surface area contributed by atoms with Gasteiger partial charge in [-0.05, 0) is 19.3 Å². The third kappa shape index (κ3) is 11.7. The van der Waals surface area contributed by atoms with Gasteiger partial charge in [0.05, 0.1) is 10.1 Å².